The van der Waals surface area contributed by atoms with E-state index in [0.29, 0.717) is 0 Å². The zero-order chi connectivity index (χ0) is 17.2. The summed E-state index contributed by atoms with van der Waals surface area (Å²) < 4.78 is 38.2. The molecule has 0 bridgehead atoms. The molecule has 1 saturated heterocycles. The lowest BCUT2D eigenvalue weighted by atomic mass is 10.0. The normalized spacial score (nSPS) is 17.8. The molecule has 8 heteroatoms. The largest absolute Gasteiger partial charge is 0.446 e. The fourth-order valence-corrected chi connectivity index (χ4v) is 4.59. The fourth-order valence-electron chi connectivity index (χ4n) is 2.82. The number of rotatable bonds is 4. The zero-order valence-electron chi connectivity index (χ0n) is 12.6. The number of hydrogen-bond donors (Lipinski definition) is 1. The molecule has 0 unspecified atom stereocenters. The van der Waals surface area contributed by atoms with Crippen LogP contribution in [0.4, 0.5) is 13.2 Å². The van der Waals surface area contributed by atoms with Gasteiger partial charge in [-0.15, -0.1) is 11.3 Å². The SMILES string of the molecule is FC(F)(F)Sc1ccc([C@@H](c2ccc(Cl)s2)N2CCNCC2)cc1. The van der Waals surface area contributed by atoms with Gasteiger partial charge in [-0.05, 0) is 41.6 Å². The van der Waals surface area contributed by atoms with Crippen LogP contribution in [0.2, 0.25) is 4.34 Å². The second-order valence-corrected chi connectivity index (χ2v) is 8.33. The molecule has 0 amide bonds. The van der Waals surface area contributed by atoms with Crippen molar-refractivity contribution in [3.63, 3.8) is 0 Å². The van der Waals surface area contributed by atoms with Crippen LogP contribution in [0.15, 0.2) is 41.3 Å². The minimum absolute atomic E-state index is 0.0227. The van der Waals surface area contributed by atoms with Gasteiger partial charge >= 0.3 is 5.51 Å². The smallest absolute Gasteiger partial charge is 0.314 e. The first kappa shape index (κ1) is 18.1. The molecule has 1 aromatic carbocycles. The summed E-state index contributed by atoms with van der Waals surface area (Å²) in [6.45, 7) is 3.58. The number of benzene rings is 1. The van der Waals surface area contributed by atoms with Gasteiger partial charge in [0.15, 0.2) is 0 Å². The summed E-state index contributed by atoms with van der Waals surface area (Å²) in [5.74, 6) is 0. The maximum absolute atomic E-state index is 12.5. The molecule has 0 aliphatic carbocycles. The summed E-state index contributed by atoms with van der Waals surface area (Å²) in [4.78, 5) is 3.65. The van der Waals surface area contributed by atoms with E-state index in [4.69, 9.17) is 11.6 Å². The van der Waals surface area contributed by atoms with Crippen molar-refractivity contribution in [3.05, 3.63) is 51.2 Å². The summed E-state index contributed by atoms with van der Waals surface area (Å²) in [7, 11) is 0. The Labute approximate surface area is 152 Å². The molecule has 2 aromatic rings. The van der Waals surface area contributed by atoms with E-state index < -0.39 is 5.51 Å². The van der Waals surface area contributed by atoms with E-state index in [1.807, 2.05) is 12.1 Å². The summed E-state index contributed by atoms with van der Waals surface area (Å²) in [5, 5.41) is 3.32. The van der Waals surface area contributed by atoms with E-state index in [0.717, 1.165) is 41.0 Å². The lowest BCUT2D eigenvalue weighted by molar-refractivity contribution is -0.0328. The summed E-state index contributed by atoms with van der Waals surface area (Å²) in [6.07, 6.45) is 0. The van der Waals surface area contributed by atoms with E-state index in [2.05, 4.69) is 10.2 Å². The van der Waals surface area contributed by atoms with Gasteiger partial charge in [0.1, 0.15) is 0 Å². The third-order valence-electron chi connectivity index (χ3n) is 3.81. The van der Waals surface area contributed by atoms with Crippen LogP contribution in [-0.2, 0) is 0 Å². The van der Waals surface area contributed by atoms with Crippen molar-refractivity contribution in [2.45, 2.75) is 16.4 Å². The molecule has 3 rings (SSSR count). The minimum atomic E-state index is -4.26. The van der Waals surface area contributed by atoms with Gasteiger partial charge in [-0.25, -0.2) is 0 Å². The maximum atomic E-state index is 12.5. The van der Waals surface area contributed by atoms with E-state index >= 15 is 0 Å². The second-order valence-electron chi connectivity index (χ2n) is 5.45. The molecular formula is C16H16ClF3N2S2. The highest BCUT2D eigenvalue weighted by Crippen LogP contribution is 2.39. The van der Waals surface area contributed by atoms with Crippen molar-refractivity contribution in [1.82, 2.24) is 10.2 Å². The predicted octanol–water partition coefficient (Wildman–Crippen LogP) is 5.01. The molecule has 1 aliphatic heterocycles. The molecule has 1 aliphatic rings. The number of thiophene rings is 1. The summed E-state index contributed by atoms with van der Waals surface area (Å²) >= 11 is 7.52. The second kappa shape index (κ2) is 7.66. The number of thioether (sulfide) groups is 1. The molecular weight excluding hydrogens is 377 g/mol. The van der Waals surface area contributed by atoms with Gasteiger partial charge in [-0.2, -0.15) is 13.2 Å². The molecule has 0 spiro atoms. The van der Waals surface area contributed by atoms with Crippen LogP contribution in [0.5, 0.6) is 0 Å². The first-order valence-corrected chi connectivity index (χ1v) is 9.49. The van der Waals surface area contributed by atoms with Crippen LogP contribution in [0.3, 0.4) is 0 Å². The van der Waals surface area contributed by atoms with Crippen molar-refractivity contribution in [2.24, 2.45) is 0 Å². The fraction of sp³-hybridized carbons (Fsp3) is 0.375. The maximum Gasteiger partial charge on any atom is 0.446 e. The first-order valence-electron chi connectivity index (χ1n) is 7.48. The van der Waals surface area contributed by atoms with Crippen LogP contribution in [0.1, 0.15) is 16.5 Å². The molecule has 24 heavy (non-hydrogen) atoms. The molecule has 0 saturated carbocycles. The van der Waals surface area contributed by atoms with Crippen molar-refractivity contribution in [1.29, 1.82) is 0 Å². The minimum Gasteiger partial charge on any atom is -0.314 e. The Hall–Kier alpha value is -0.730. The van der Waals surface area contributed by atoms with Gasteiger partial charge in [-0.1, -0.05) is 23.7 Å². The van der Waals surface area contributed by atoms with E-state index in [1.165, 1.54) is 23.5 Å². The van der Waals surface area contributed by atoms with Crippen molar-refractivity contribution in [3.8, 4) is 0 Å². The number of alkyl halides is 3. The number of nitrogens with zero attached hydrogens (tertiary/aromatic N) is 1. The summed E-state index contributed by atoms with van der Waals surface area (Å²) in [6, 6.07) is 10.5. The average Bonchev–Trinajstić information content (AvgIpc) is 2.95. The van der Waals surface area contributed by atoms with E-state index in [-0.39, 0.29) is 22.7 Å². The number of piperazine rings is 1. The molecule has 1 aromatic heterocycles. The average molecular weight is 393 g/mol. The van der Waals surface area contributed by atoms with Crippen molar-refractivity contribution >= 4 is 34.7 Å². The highest BCUT2D eigenvalue weighted by Gasteiger charge is 2.30. The van der Waals surface area contributed by atoms with Gasteiger partial charge in [0.25, 0.3) is 0 Å². The lowest BCUT2D eigenvalue weighted by Gasteiger charge is -2.34. The highest BCUT2D eigenvalue weighted by molar-refractivity contribution is 8.00. The summed E-state index contributed by atoms with van der Waals surface area (Å²) in [5.41, 5.74) is -3.28. The van der Waals surface area contributed by atoms with Crippen LogP contribution >= 0.6 is 34.7 Å². The quantitative estimate of drug-likeness (QED) is 0.736. The Bertz CT molecular complexity index is 667. The topological polar surface area (TPSA) is 15.3 Å². The third kappa shape index (κ3) is 4.67. The Balaban J connectivity index is 1.87. The molecule has 1 atom stereocenters. The van der Waals surface area contributed by atoms with Crippen LogP contribution in [0, 0.1) is 0 Å². The van der Waals surface area contributed by atoms with Crippen molar-refractivity contribution < 1.29 is 13.2 Å². The monoisotopic (exact) mass is 392 g/mol. The standard InChI is InChI=1S/C16H16ClF3N2S2/c17-14-6-5-13(23-14)15(22-9-7-21-8-10-22)11-1-3-12(4-2-11)24-16(18,19)20/h1-6,15,21H,7-10H2/t15-/m0/s1. The molecule has 2 heterocycles. The number of nitrogens with one attached hydrogen (secondary N) is 1. The van der Waals surface area contributed by atoms with Gasteiger partial charge in [0.05, 0.1) is 10.4 Å². The molecule has 1 fully saturated rings. The van der Waals surface area contributed by atoms with Gasteiger partial charge in [0.2, 0.25) is 0 Å². The van der Waals surface area contributed by atoms with Gasteiger partial charge in [0, 0.05) is 36.0 Å². The van der Waals surface area contributed by atoms with Crippen LogP contribution in [-0.4, -0.2) is 36.6 Å². The Kier molecular flexibility index (Phi) is 5.77. The lowest BCUT2D eigenvalue weighted by Crippen LogP contribution is -2.45. The molecule has 0 radical (unpaired) electrons. The Morgan fingerprint density at radius 2 is 1.75 bits per heavy atom. The van der Waals surface area contributed by atoms with Gasteiger partial charge < -0.3 is 5.32 Å². The molecule has 2 nitrogen and oxygen atoms in total. The van der Waals surface area contributed by atoms with E-state index in [9.17, 15) is 13.2 Å². The van der Waals surface area contributed by atoms with Crippen molar-refractivity contribution in [2.75, 3.05) is 26.2 Å². The molecule has 130 valence electrons. The third-order valence-corrected chi connectivity index (χ3v) is 5.83. The van der Waals surface area contributed by atoms with Gasteiger partial charge in [-0.3, -0.25) is 4.90 Å². The van der Waals surface area contributed by atoms with Crippen LogP contribution < -0.4 is 5.32 Å². The number of halogens is 4. The molecule has 1 N–H and O–H groups in total. The predicted molar refractivity (Wildman–Crippen MR) is 94.0 cm³/mol. The first-order chi connectivity index (χ1) is 11.4. The highest BCUT2D eigenvalue weighted by atomic mass is 35.5. The Morgan fingerprint density at radius 1 is 1.08 bits per heavy atom. The van der Waals surface area contributed by atoms with Crippen LogP contribution in [0.25, 0.3) is 0 Å². The van der Waals surface area contributed by atoms with E-state index in [1.54, 1.807) is 12.1 Å². The zero-order valence-corrected chi connectivity index (χ0v) is 15.0. The number of hydrogen-bond acceptors (Lipinski definition) is 4. The Morgan fingerprint density at radius 3 is 2.29 bits per heavy atom.